The fourth-order valence-corrected chi connectivity index (χ4v) is 1.94. The molecule has 124 valence electrons. The van der Waals surface area contributed by atoms with Gasteiger partial charge in [-0.15, -0.1) is 24.0 Å². The van der Waals surface area contributed by atoms with Crippen molar-refractivity contribution in [1.82, 2.24) is 15.5 Å². The van der Waals surface area contributed by atoms with Crippen LogP contribution >= 0.6 is 47.2 Å². The van der Waals surface area contributed by atoms with E-state index < -0.39 is 0 Å². The lowest BCUT2D eigenvalue weighted by Gasteiger charge is -2.14. The number of amides is 1. The number of nitrogens with one attached hydrogen (secondary N) is 2. The Morgan fingerprint density at radius 2 is 1.95 bits per heavy atom. The highest BCUT2D eigenvalue weighted by molar-refractivity contribution is 14.0. The van der Waals surface area contributed by atoms with Crippen LogP contribution in [0.1, 0.15) is 12.5 Å². The molecule has 0 aliphatic heterocycles. The SMILES string of the molecule is CCNC(=NCc1ccc(Cl)cc1Cl)NCC(=O)N(C)C.I. The van der Waals surface area contributed by atoms with Gasteiger partial charge in [0.1, 0.15) is 0 Å². The molecule has 1 rings (SSSR count). The van der Waals surface area contributed by atoms with Gasteiger partial charge in [-0.25, -0.2) is 4.99 Å². The molecule has 1 aromatic rings. The Kier molecular flexibility index (Phi) is 10.5. The highest BCUT2D eigenvalue weighted by Crippen LogP contribution is 2.21. The van der Waals surface area contributed by atoms with Gasteiger partial charge in [0.05, 0.1) is 13.1 Å². The zero-order valence-electron chi connectivity index (χ0n) is 12.8. The van der Waals surface area contributed by atoms with Crippen molar-refractivity contribution in [3.05, 3.63) is 33.8 Å². The molecule has 1 aromatic carbocycles. The zero-order chi connectivity index (χ0) is 15.8. The maximum atomic E-state index is 11.6. The summed E-state index contributed by atoms with van der Waals surface area (Å²) >= 11 is 12.0. The Hall–Kier alpha value is -0.730. The number of hydrogen-bond donors (Lipinski definition) is 2. The second-order valence-electron chi connectivity index (χ2n) is 4.57. The summed E-state index contributed by atoms with van der Waals surface area (Å²) in [6, 6.07) is 5.29. The third-order valence-corrected chi connectivity index (χ3v) is 3.26. The van der Waals surface area contributed by atoms with Gasteiger partial charge in [0, 0.05) is 30.7 Å². The number of aliphatic imine (C=N–C) groups is 1. The van der Waals surface area contributed by atoms with E-state index >= 15 is 0 Å². The van der Waals surface area contributed by atoms with Crippen LogP contribution in [0.5, 0.6) is 0 Å². The van der Waals surface area contributed by atoms with Gasteiger partial charge in [-0.3, -0.25) is 4.79 Å². The summed E-state index contributed by atoms with van der Waals surface area (Å²) in [5, 5.41) is 7.23. The topological polar surface area (TPSA) is 56.7 Å². The normalized spacial score (nSPS) is 10.7. The van der Waals surface area contributed by atoms with Gasteiger partial charge in [0.15, 0.2) is 5.96 Å². The van der Waals surface area contributed by atoms with Crippen molar-refractivity contribution in [3.8, 4) is 0 Å². The first-order valence-corrected chi connectivity index (χ1v) is 7.36. The van der Waals surface area contributed by atoms with Crippen molar-refractivity contribution >= 4 is 59.0 Å². The molecule has 0 atom stereocenters. The van der Waals surface area contributed by atoms with Crippen LogP contribution in [-0.2, 0) is 11.3 Å². The standard InChI is InChI=1S/C14H20Cl2N4O.HI/c1-4-17-14(19-9-13(21)20(2)3)18-8-10-5-6-11(15)7-12(10)16;/h5-7H,4,8-9H2,1-3H3,(H2,17,18,19);1H. The van der Waals surface area contributed by atoms with Crippen LogP contribution in [0.25, 0.3) is 0 Å². The van der Waals surface area contributed by atoms with Crippen molar-refractivity contribution in [2.45, 2.75) is 13.5 Å². The number of nitrogens with zero attached hydrogens (tertiary/aromatic N) is 2. The second kappa shape index (κ2) is 10.9. The molecule has 0 aliphatic carbocycles. The Balaban J connectivity index is 0.00000441. The van der Waals surface area contributed by atoms with Crippen molar-refractivity contribution in [3.63, 3.8) is 0 Å². The molecule has 1 amide bonds. The third-order valence-electron chi connectivity index (χ3n) is 2.67. The highest BCUT2D eigenvalue weighted by Gasteiger charge is 2.06. The molecular formula is C14H21Cl2IN4O. The van der Waals surface area contributed by atoms with Gasteiger partial charge < -0.3 is 15.5 Å². The van der Waals surface area contributed by atoms with Crippen molar-refractivity contribution < 1.29 is 4.79 Å². The van der Waals surface area contributed by atoms with E-state index in [1.54, 1.807) is 26.2 Å². The minimum atomic E-state index is -0.0230. The van der Waals surface area contributed by atoms with E-state index in [1.807, 2.05) is 13.0 Å². The van der Waals surface area contributed by atoms with Gasteiger partial charge in [0.25, 0.3) is 0 Å². The van der Waals surface area contributed by atoms with Crippen LogP contribution in [0.3, 0.4) is 0 Å². The summed E-state index contributed by atoms with van der Waals surface area (Å²) in [6.45, 7) is 3.26. The van der Waals surface area contributed by atoms with E-state index in [0.717, 1.165) is 5.56 Å². The number of halogens is 3. The lowest BCUT2D eigenvalue weighted by Crippen LogP contribution is -2.42. The summed E-state index contributed by atoms with van der Waals surface area (Å²) in [5.41, 5.74) is 0.872. The Labute approximate surface area is 158 Å². The van der Waals surface area contributed by atoms with E-state index in [-0.39, 0.29) is 36.4 Å². The monoisotopic (exact) mass is 458 g/mol. The molecule has 22 heavy (non-hydrogen) atoms. The summed E-state index contributed by atoms with van der Waals surface area (Å²) < 4.78 is 0. The van der Waals surface area contributed by atoms with Crippen LogP contribution in [0, 0.1) is 0 Å². The Morgan fingerprint density at radius 1 is 1.27 bits per heavy atom. The molecule has 0 heterocycles. The number of rotatable bonds is 5. The number of guanidine groups is 1. The van der Waals surface area contributed by atoms with E-state index in [0.29, 0.717) is 29.1 Å². The number of carbonyl (C=O) groups is 1. The molecular weight excluding hydrogens is 438 g/mol. The van der Waals surface area contributed by atoms with Gasteiger partial charge in [-0.2, -0.15) is 0 Å². The fraction of sp³-hybridized carbons (Fsp3) is 0.429. The smallest absolute Gasteiger partial charge is 0.241 e. The predicted octanol–water partition coefficient (Wildman–Crippen LogP) is 2.75. The molecule has 0 aromatic heterocycles. The zero-order valence-corrected chi connectivity index (χ0v) is 16.7. The summed E-state index contributed by atoms with van der Waals surface area (Å²) in [7, 11) is 3.42. The molecule has 0 aliphatic rings. The predicted molar refractivity (Wildman–Crippen MR) is 103 cm³/mol. The number of hydrogen-bond acceptors (Lipinski definition) is 2. The lowest BCUT2D eigenvalue weighted by molar-refractivity contribution is -0.127. The molecule has 0 spiro atoms. The molecule has 5 nitrogen and oxygen atoms in total. The lowest BCUT2D eigenvalue weighted by atomic mass is 10.2. The van der Waals surface area contributed by atoms with E-state index in [2.05, 4.69) is 15.6 Å². The molecule has 0 saturated carbocycles. The van der Waals surface area contributed by atoms with E-state index in [4.69, 9.17) is 23.2 Å². The molecule has 8 heteroatoms. The molecule has 0 bridgehead atoms. The molecule has 0 radical (unpaired) electrons. The van der Waals surface area contributed by atoms with Crippen LogP contribution < -0.4 is 10.6 Å². The average Bonchev–Trinajstić information content (AvgIpc) is 2.42. The first-order valence-electron chi connectivity index (χ1n) is 6.60. The summed E-state index contributed by atoms with van der Waals surface area (Å²) in [6.07, 6.45) is 0. The quantitative estimate of drug-likeness (QED) is 0.405. The van der Waals surface area contributed by atoms with Crippen molar-refractivity contribution in [1.29, 1.82) is 0 Å². The van der Waals surface area contributed by atoms with Gasteiger partial charge in [-0.05, 0) is 24.6 Å². The summed E-state index contributed by atoms with van der Waals surface area (Å²) in [5.74, 6) is 0.545. The van der Waals surface area contributed by atoms with E-state index in [1.165, 1.54) is 4.90 Å². The minimum absolute atomic E-state index is 0. The van der Waals surface area contributed by atoms with Gasteiger partial charge >= 0.3 is 0 Å². The number of benzene rings is 1. The van der Waals surface area contributed by atoms with Crippen molar-refractivity contribution in [2.75, 3.05) is 27.2 Å². The maximum absolute atomic E-state index is 11.6. The summed E-state index contributed by atoms with van der Waals surface area (Å²) in [4.78, 5) is 17.5. The minimum Gasteiger partial charge on any atom is -0.357 e. The van der Waals surface area contributed by atoms with Crippen LogP contribution in [0.2, 0.25) is 10.0 Å². The molecule has 2 N–H and O–H groups in total. The molecule has 0 fully saturated rings. The molecule has 0 unspecified atom stereocenters. The second-order valence-corrected chi connectivity index (χ2v) is 5.42. The molecule has 0 saturated heterocycles. The van der Waals surface area contributed by atoms with Crippen LogP contribution in [0.4, 0.5) is 0 Å². The number of carbonyl (C=O) groups excluding carboxylic acids is 1. The van der Waals surface area contributed by atoms with Gasteiger partial charge in [0.2, 0.25) is 5.91 Å². The van der Waals surface area contributed by atoms with Gasteiger partial charge in [-0.1, -0.05) is 29.3 Å². The highest BCUT2D eigenvalue weighted by atomic mass is 127. The first kappa shape index (κ1) is 21.3. The first-order chi connectivity index (χ1) is 9.93. The van der Waals surface area contributed by atoms with E-state index in [9.17, 15) is 4.79 Å². The van der Waals surface area contributed by atoms with Crippen LogP contribution in [0.15, 0.2) is 23.2 Å². The largest absolute Gasteiger partial charge is 0.357 e. The third kappa shape index (κ3) is 7.51. The van der Waals surface area contributed by atoms with Crippen molar-refractivity contribution in [2.24, 2.45) is 4.99 Å². The Morgan fingerprint density at radius 3 is 2.50 bits per heavy atom. The number of likely N-dealkylation sites (N-methyl/N-ethyl adjacent to an activating group) is 1. The van der Waals surface area contributed by atoms with Crippen LogP contribution in [-0.4, -0.2) is 44.0 Å². The average molecular weight is 459 g/mol. The Bertz CT molecular complexity index is 524. The fourth-order valence-electron chi connectivity index (χ4n) is 1.47. The maximum Gasteiger partial charge on any atom is 0.241 e.